The Balaban J connectivity index is 1.83. The van der Waals surface area contributed by atoms with E-state index in [2.05, 4.69) is 26.3 Å². The second-order valence-corrected chi connectivity index (χ2v) is 5.25. The summed E-state index contributed by atoms with van der Waals surface area (Å²) in [5, 5.41) is 5.92. The summed E-state index contributed by atoms with van der Waals surface area (Å²) < 4.78 is 43.4. The zero-order chi connectivity index (χ0) is 16.2. The van der Waals surface area contributed by atoms with Gasteiger partial charge in [-0.1, -0.05) is 15.9 Å². The van der Waals surface area contributed by atoms with Crippen molar-refractivity contribution in [3.63, 3.8) is 0 Å². The molecule has 0 radical (unpaired) electrons. The van der Waals surface area contributed by atoms with Crippen molar-refractivity contribution in [3.8, 4) is 5.75 Å². The molecule has 0 atom stereocenters. The minimum absolute atomic E-state index is 0.175. The first kappa shape index (κ1) is 16.3. The molecular weight excluding hydrogens is 367 g/mol. The Morgan fingerprint density at radius 1 is 1.32 bits per heavy atom. The van der Waals surface area contributed by atoms with Gasteiger partial charge in [-0.3, -0.25) is 9.48 Å². The highest BCUT2D eigenvalue weighted by molar-refractivity contribution is 9.10. The fraction of sp³-hybridized carbons (Fsp3) is 0.231. The number of hydrogen-bond acceptors (Lipinski definition) is 3. The van der Waals surface area contributed by atoms with Crippen LogP contribution in [-0.2, 0) is 11.3 Å². The number of rotatable bonds is 5. The van der Waals surface area contributed by atoms with Crippen molar-refractivity contribution in [1.29, 1.82) is 0 Å². The maximum Gasteiger partial charge on any atom is 0.408 e. The molecule has 5 nitrogen and oxygen atoms in total. The van der Waals surface area contributed by atoms with Gasteiger partial charge in [0.25, 0.3) is 5.91 Å². The second kappa shape index (κ2) is 6.82. The van der Waals surface area contributed by atoms with Gasteiger partial charge in [0.15, 0.2) is 6.61 Å². The van der Waals surface area contributed by atoms with Crippen molar-refractivity contribution in [2.75, 3.05) is 11.9 Å². The molecule has 0 aliphatic heterocycles. The summed E-state index contributed by atoms with van der Waals surface area (Å²) in [6.07, 6.45) is -2.12. The lowest BCUT2D eigenvalue weighted by molar-refractivity contribution is -0.142. The van der Waals surface area contributed by atoms with E-state index in [0.29, 0.717) is 10.4 Å². The standard InChI is InChI=1S/C13H11BrF3N3O2/c14-9-1-3-11(4-2-9)22-7-12(21)19-10-5-18-20(6-10)8-13(15,16)17/h1-6H,7-8H2,(H,19,21). The number of amides is 1. The van der Waals surface area contributed by atoms with Crippen LogP contribution in [-0.4, -0.2) is 28.5 Å². The Kier molecular flexibility index (Phi) is 5.07. The number of benzene rings is 1. The van der Waals surface area contributed by atoms with E-state index in [-0.39, 0.29) is 12.3 Å². The van der Waals surface area contributed by atoms with Crippen LogP contribution in [0.2, 0.25) is 0 Å². The summed E-state index contributed by atoms with van der Waals surface area (Å²) in [7, 11) is 0. The molecule has 22 heavy (non-hydrogen) atoms. The van der Waals surface area contributed by atoms with Gasteiger partial charge in [0, 0.05) is 10.7 Å². The van der Waals surface area contributed by atoms with E-state index >= 15 is 0 Å². The topological polar surface area (TPSA) is 56.1 Å². The van der Waals surface area contributed by atoms with Crippen LogP contribution in [0.15, 0.2) is 41.1 Å². The summed E-state index contributed by atoms with van der Waals surface area (Å²) in [5.74, 6) is 0.0144. The van der Waals surface area contributed by atoms with Crippen LogP contribution in [0, 0.1) is 0 Å². The van der Waals surface area contributed by atoms with Crippen LogP contribution in [0.3, 0.4) is 0 Å². The monoisotopic (exact) mass is 377 g/mol. The minimum Gasteiger partial charge on any atom is -0.484 e. The third-order valence-corrected chi connectivity index (χ3v) is 2.97. The van der Waals surface area contributed by atoms with Gasteiger partial charge in [-0.15, -0.1) is 0 Å². The summed E-state index contributed by atoms with van der Waals surface area (Å²) >= 11 is 3.27. The van der Waals surface area contributed by atoms with Crippen LogP contribution >= 0.6 is 15.9 Å². The first-order valence-corrected chi connectivity index (χ1v) is 6.88. The largest absolute Gasteiger partial charge is 0.484 e. The third kappa shape index (κ3) is 5.40. The van der Waals surface area contributed by atoms with Gasteiger partial charge >= 0.3 is 6.18 Å². The molecule has 0 saturated heterocycles. The van der Waals surface area contributed by atoms with E-state index < -0.39 is 18.6 Å². The molecule has 1 aromatic carbocycles. The normalized spacial score (nSPS) is 11.3. The molecule has 9 heteroatoms. The number of aromatic nitrogens is 2. The molecule has 0 bridgehead atoms. The molecule has 1 amide bonds. The molecule has 0 saturated carbocycles. The fourth-order valence-electron chi connectivity index (χ4n) is 1.58. The summed E-state index contributed by atoms with van der Waals surface area (Å²) in [6.45, 7) is -1.47. The van der Waals surface area contributed by atoms with E-state index in [0.717, 1.165) is 16.9 Å². The zero-order valence-corrected chi connectivity index (χ0v) is 12.7. The summed E-state index contributed by atoms with van der Waals surface area (Å²) in [4.78, 5) is 11.6. The number of carbonyl (C=O) groups is 1. The fourth-order valence-corrected chi connectivity index (χ4v) is 1.84. The molecular formula is C13H11BrF3N3O2. The van der Waals surface area contributed by atoms with Crippen molar-refractivity contribution in [2.24, 2.45) is 0 Å². The number of alkyl halides is 3. The van der Waals surface area contributed by atoms with Crippen molar-refractivity contribution >= 4 is 27.5 Å². The Morgan fingerprint density at radius 2 is 2.00 bits per heavy atom. The first-order valence-electron chi connectivity index (χ1n) is 6.09. The van der Waals surface area contributed by atoms with Crippen LogP contribution in [0.1, 0.15) is 0 Å². The van der Waals surface area contributed by atoms with Crippen LogP contribution < -0.4 is 10.1 Å². The van der Waals surface area contributed by atoms with Crippen LogP contribution in [0.5, 0.6) is 5.75 Å². The highest BCUT2D eigenvalue weighted by atomic mass is 79.9. The molecule has 2 aromatic rings. The number of anilines is 1. The lowest BCUT2D eigenvalue weighted by Crippen LogP contribution is -2.20. The predicted molar refractivity (Wildman–Crippen MR) is 76.5 cm³/mol. The van der Waals surface area contributed by atoms with Crippen LogP contribution in [0.4, 0.5) is 18.9 Å². The van der Waals surface area contributed by atoms with Gasteiger partial charge in [-0.05, 0) is 24.3 Å². The van der Waals surface area contributed by atoms with Gasteiger partial charge in [0.2, 0.25) is 0 Å². The average Bonchev–Trinajstić information content (AvgIpc) is 2.83. The van der Waals surface area contributed by atoms with Crippen LogP contribution in [0.25, 0.3) is 0 Å². The third-order valence-electron chi connectivity index (χ3n) is 2.44. The zero-order valence-electron chi connectivity index (χ0n) is 11.1. The van der Waals surface area contributed by atoms with Crippen molar-refractivity contribution in [1.82, 2.24) is 9.78 Å². The van der Waals surface area contributed by atoms with Crippen molar-refractivity contribution in [2.45, 2.75) is 12.7 Å². The van der Waals surface area contributed by atoms with Gasteiger partial charge in [0.1, 0.15) is 12.3 Å². The smallest absolute Gasteiger partial charge is 0.408 e. The summed E-state index contributed by atoms with van der Waals surface area (Å²) in [6, 6.07) is 6.88. The number of ether oxygens (including phenoxy) is 1. The van der Waals surface area contributed by atoms with Gasteiger partial charge in [0.05, 0.1) is 11.9 Å². The first-order chi connectivity index (χ1) is 10.3. The molecule has 2 rings (SSSR count). The van der Waals surface area contributed by atoms with E-state index in [1.54, 1.807) is 24.3 Å². The molecule has 0 spiro atoms. The van der Waals surface area contributed by atoms with E-state index in [1.165, 1.54) is 0 Å². The van der Waals surface area contributed by atoms with Crippen molar-refractivity contribution < 1.29 is 22.7 Å². The van der Waals surface area contributed by atoms with E-state index in [9.17, 15) is 18.0 Å². The highest BCUT2D eigenvalue weighted by Crippen LogP contribution is 2.18. The Labute approximate surface area is 132 Å². The summed E-state index contributed by atoms with van der Waals surface area (Å²) in [5.41, 5.74) is 0.175. The van der Waals surface area contributed by atoms with E-state index in [1.807, 2.05) is 0 Å². The number of hydrogen-bond donors (Lipinski definition) is 1. The number of carbonyl (C=O) groups excluding carboxylic acids is 1. The maximum atomic E-state index is 12.2. The molecule has 1 aromatic heterocycles. The number of nitrogens with zero attached hydrogens (tertiary/aromatic N) is 2. The average molecular weight is 378 g/mol. The number of nitrogens with one attached hydrogen (secondary N) is 1. The molecule has 0 fully saturated rings. The Hall–Kier alpha value is -2.03. The predicted octanol–water partition coefficient (Wildman–Crippen LogP) is 3.23. The quantitative estimate of drug-likeness (QED) is 0.870. The van der Waals surface area contributed by atoms with E-state index in [4.69, 9.17) is 4.74 Å². The molecule has 0 aliphatic rings. The molecule has 0 aliphatic carbocycles. The van der Waals surface area contributed by atoms with Gasteiger partial charge in [-0.25, -0.2) is 0 Å². The number of halogens is 4. The van der Waals surface area contributed by atoms with Gasteiger partial charge < -0.3 is 10.1 Å². The molecule has 1 N–H and O–H groups in total. The lowest BCUT2D eigenvalue weighted by atomic mass is 10.3. The molecule has 1 heterocycles. The lowest BCUT2D eigenvalue weighted by Gasteiger charge is -2.06. The highest BCUT2D eigenvalue weighted by Gasteiger charge is 2.28. The SMILES string of the molecule is O=C(COc1ccc(Br)cc1)Nc1cnn(CC(F)(F)F)c1. The maximum absolute atomic E-state index is 12.2. The Bertz CT molecular complexity index is 641. The van der Waals surface area contributed by atoms with Gasteiger partial charge in [-0.2, -0.15) is 18.3 Å². The minimum atomic E-state index is -4.36. The molecule has 118 valence electrons. The second-order valence-electron chi connectivity index (χ2n) is 4.33. The Morgan fingerprint density at radius 3 is 2.64 bits per heavy atom. The molecule has 0 unspecified atom stereocenters. The van der Waals surface area contributed by atoms with Crippen molar-refractivity contribution in [3.05, 3.63) is 41.1 Å².